The van der Waals surface area contributed by atoms with Crippen molar-refractivity contribution in [3.8, 4) is 17.1 Å². The fourth-order valence-electron chi connectivity index (χ4n) is 4.94. The first-order valence-corrected chi connectivity index (χ1v) is 12.9. The van der Waals surface area contributed by atoms with Crippen LogP contribution < -0.4 is 9.64 Å². The zero-order chi connectivity index (χ0) is 27.6. The Labute approximate surface area is 229 Å². The maximum absolute atomic E-state index is 13.4. The van der Waals surface area contributed by atoms with Gasteiger partial charge in [-0.05, 0) is 18.6 Å². The van der Waals surface area contributed by atoms with E-state index in [1.165, 1.54) is 24.4 Å². The Morgan fingerprint density at radius 2 is 1.75 bits per heavy atom. The minimum absolute atomic E-state index is 0.180. The average Bonchev–Trinajstić information content (AvgIpc) is 3.72. The van der Waals surface area contributed by atoms with E-state index in [0.717, 1.165) is 18.8 Å². The van der Waals surface area contributed by atoms with Crippen molar-refractivity contribution in [2.24, 2.45) is 0 Å². The number of methoxy groups -OCH3 is 1. The summed E-state index contributed by atoms with van der Waals surface area (Å²) in [5, 5.41) is 0.447. The van der Waals surface area contributed by atoms with E-state index in [-0.39, 0.29) is 24.6 Å². The summed E-state index contributed by atoms with van der Waals surface area (Å²) in [4.78, 5) is 65.3. The number of fused-ring (bicyclic) bond motifs is 1. The van der Waals surface area contributed by atoms with Crippen LogP contribution in [0.15, 0.2) is 61.5 Å². The number of Topliss-reactive ketones (excluding diaryl/α,β-unsaturated/α-hetero) is 1. The zero-order valence-corrected chi connectivity index (χ0v) is 21.8. The lowest BCUT2D eigenvalue weighted by molar-refractivity contribution is -0.127. The number of hydrogen-bond acceptors (Lipinski definition) is 9. The Kier molecular flexibility index (Phi) is 6.64. The zero-order valence-electron chi connectivity index (χ0n) is 21.8. The number of amides is 2. The molecule has 4 aromatic rings. The Bertz CT molecular complexity index is 1610. The maximum atomic E-state index is 13.4. The van der Waals surface area contributed by atoms with Gasteiger partial charge in [0.2, 0.25) is 0 Å². The van der Waals surface area contributed by atoms with Gasteiger partial charge < -0.3 is 24.4 Å². The average molecular weight is 539 g/mol. The molecule has 40 heavy (non-hydrogen) atoms. The van der Waals surface area contributed by atoms with Crippen molar-refractivity contribution in [2.75, 3.05) is 44.7 Å². The number of H-pyrrole nitrogens is 1. The molecule has 1 fully saturated rings. The smallest absolute Gasteiger partial charge is 0.295 e. The van der Waals surface area contributed by atoms with E-state index < -0.39 is 11.7 Å². The van der Waals surface area contributed by atoms with Crippen LogP contribution in [0.2, 0.25) is 0 Å². The summed E-state index contributed by atoms with van der Waals surface area (Å²) in [5.41, 5.74) is 2.05. The first kappa shape index (κ1) is 25.2. The van der Waals surface area contributed by atoms with E-state index >= 15 is 0 Å². The second-order valence-corrected chi connectivity index (χ2v) is 9.38. The third-order valence-electron chi connectivity index (χ3n) is 7.07. The highest BCUT2D eigenvalue weighted by molar-refractivity contribution is 6.45. The highest BCUT2D eigenvalue weighted by atomic mass is 16.5. The Hall–Kier alpha value is -5.13. The van der Waals surface area contributed by atoms with Gasteiger partial charge in [0.15, 0.2) is 5.82 Å². The molecule has 2 amide bonds. The van der Waals surface area contributed by atoms with Crippen molar-refractivity contribution < 1.29 is 19.1 Å². The Morgan fingerprint density at radius 3 is 2.42 bits per heavy atom. The van der Waals surface area contributed by atoms with Gasteiger partial charge in [-0.15, -0.1) is 0 Å². The van der Waals surface area contributed by atoms with Gasteiger partial charge in [-0.1, -0.05) is 12.1 Å². The van der Waals surface area contributed by atoms with Crippen LogP contribution in [0.3, 0.4) is 0 Å². The normalized spacial score (nSPS) is 15.1. The number of hydrogen-bond donors (Lipinski definition) is 1. The fourth-order valence-corrected chi connectivity index (χ4v) is 4.94. The van der Waals surface area contributed by atoms with E-state index in [1.54, 1.807) is 41.7 Å². The largest absolute Gasteiger partial charge is 0.494 e. The summed E-state index contributed by atoms with van der Waals surface area (Å²) in [6.45, 7) is 1.95. The topological polar surface area (TPSA) is 138 Å². The van der Waals surface area contributed by atoms with Gasteiger partial charge in [-0.25, -0.2) is 15.0 Å². The standard InChI is InChI=1S/C28H26N8O4/c1-40-21-16-33-24(20-15-31-22(17-30-20)34-8-4-5-9-34)25-23(21)18(14-32-25)26(37)28(39)36-12-10-35(11-13-36)27(38)19-6-2-3-7-29-19/h2-4,6-8,14-17,32H,5,9-13H2,1H3. The number of carbonyl (C=O) groups excluding carboxylic acids is 3. The lowest BCUT2D eigenvalue weighted by Gasteiger charge is -2.34. The predicted octanol–water partition coefficient (Wildman–Crippen LogP) is 2.31. The number of nitrogens with one attached hydrogen (secondary N) is 1. The molecule has 2 aliphatic rings. The molecule has 12 nitrogen and oxygen atoms in total. The highest BCUT2D eigenvalue weighted by Gasteiger charge is 2.31. The van der Waals surface area contributed by atoms with Crippen molar-refractivity contribution in [1.29, 1.82) is 0 Å². The van der Waals surface area contributed by atoms with Crippen LogP contribution in [0, 0.1) is 0 Å². The molecule has 12 heteroatoms. The van der Waals surface area contributed by atoms with E-state index in [9.17, 15) is 14.4 Å². The molecule has 0 unspecified atom stereocenters. The number of aromatic amines is 1. The van der Waals surface area contributed by atoms with Crippen LogP contribution in [0.1, 0.15) is 27.3 Å². The molecule has 1 N–H and O–H groups in total. The number of nitrogens with zero attached hydrogens (tertiary/aromatic N) is 7. The summed E-state index contributed by atoms with van der Waals surface area (Å²) in [7, 11) is 1.48. The van der Waals surface area contributed by atoms with Crippen LogP contribution in [0.5, 0.6) is 5.75 Å². The molecule has 4 aromatic heterocycles. The van der Waals surface area contributed by atoms with Crippen molar-refractivity contribution in [2.45, 2.75) is 6.42 Å². The van der Waals surface area contributed by atoms with E-state index in [4.69, 9.17) is 4.74 Å². The molecule has 0 aromatic carbocycles. The summed E-state index contributed by atoms with van der Waals surface area (Å²) in [6.07, 6.45) is 12.9. The number of carbonyl (C=O) groups is 3. The first-order chi connectivity index (χ1) is 19.5. The quantitative estimate of drug-likeness (QED) is 0.290. The third kappa shape index (κ3) is 4.53. The van der Waals surface area contributed by atoms with Gasteiger partial charge in [0.05, 0.1) is 42.2 Å². The molecule has 0 spiro atoms. The van der Waals surface area contributed by atoms with Gasteiger partial charge in [0, 0.05) is 51.3 Å². The fraction of sp³-hybridized carbons (Fsp3) is 0.250. The SMILES string of the molecule is COc1cnc(-c2cnc(N3C=CCC3)cn2)c2[nH]cc(C(=O)C(=O)N3CCN(C(=O)c4ccccn4)CC3)c12. The predicted molar refractivity (Wildman–Crippen MR) is 146 cm³/mol. The van der Waals surface area contributed by atoms with Crippen molar-refractivity contribution >= 4 is 34.3 Å². The van der Waals surface area contributed by atoms with Crippen molar-refractivity contribution in [3.63, 3.8) is 0 Å². The second kappa shape index (κ2) is 10.6. The van der Waals surface area contributed by atoms with E-state index in [0.29, 0.717) is 46.8 Å². The van der Waals surface area contributed by atoms with Crippen LogP contribution >= 0.6 is 0 Å². The summed E-state index contributed by atoms with van der Waals surface area (Å²) in [5.74, 6) is -0.429. The molecular formula is C28H26N8O4. The molecule has 0 aliphatic carbocycles. The molecular weight excluding hydrogens is 512 g/mol. The molecule has 1 saturated heterocycles. The number of pyridine rings is 2. The number of ether oxygens (including phenoxy) is 1. The van der Waals surface area contributed by atoms with Gasteiger partial charge >= 0.3 is 0 Å². The first-order valence-electron chi connectivity index (χ1n) is 12.9. The van der Waals surface area contributed by atoms with Gasteiger partial charge in [-0.2, -0.15) is 0 Å². The Morgan fingerprint density at radius 1 is 0.925 bits per heavy atom. The van der Waals surface area contributed by atoms with Gasteiger partial charge in [-0.3, -0.25) is 19.4 Å². The minimum atomic E-state index is -0.673. The monoisotopic (exact) mass is 538 g/mol. The van der Waals surface area contributed by atoms with Gasteiger partial charge in [0.25, 0.3) is 17.6 Å². The van der Waals surface area contributed by atoms with Crippen molar-refractivity contribution in [3.05, 3.63) is 72.7 Å². The molecule has 0 bridgehead atoms. The molecule has 0 saturated carbocycles. The molecule has 2 aliphatic heterocycles. The Balaban J connectivity index is 1.22. The summed E-state index contributed by atoms with van der Waals surface area (Å²) in [6, 6.07) is 5.15. The number of piperazine rings is 1. The number of aromatic nitrogens is 5. The molecule has 6 rings (SSSR count). The number of ketones is 1. The van der Waals surface area contributed by atoms with Crippen molar-refractivity contribution in [1.82, 2.24) is 34.7 Å². The van der Waals surface area contributed by atoms with E-state index in [2.05, 4.69) is 31.0 Å². The van der Waals surface area contributed by atoms with Crippen LogP contribution in [-0.2, 0) is 4.79 Å². The number of rotatable bonds is 6. The lowest BCUT2D eigenvalue weighted by Crippen LogP contribution is -2.52. The van der Waals surface area contributed by atoms with Crippen LogP contribution in [0.4, 0.5) is 5.82 Å². The minimum Gasteiger partial charge on any atom is -0.494 e. The molecule has 0 radical (unpaired) electrons. The molecule has 0 atom stereocenters. The van der Waals surface area contributed by atoms with Crippen LogP contribution in [-0.4, -0.2) is 92.2 Å². The molecule has 202 valence electrons. The number of anilines is 1. The maximum Gasteiger partial charge on any atom is 0.295 e. The highest BCUT2D eigenvalue weighted by Crippen LogP contribution is 2.34. The molecule has 6 heterocycles. The van der Waals surface area contributed by atoms with Crippen LogP contribution in [0.25, 0.3) is 22.3 Å². The second-order valence-electron chi connectivity index (χ2n) is 9.38. The van der Waals surface area contributed by atoms with Gasteiger partial charge in [0.1, 0.15) is 22.8 Å². The third-order valence-corrected chi connectivity index (χ3v) is 7.07. The summed E-state index contributed by atoms with van der Waals surface area (Å²) < 4.78 is 5.50. The van der Waals surface area contributed by atoms with E-state index in [1.807, 2.05) is 11.1 Å². The summed E-state index contributed by atoms with van der Waals surface area (Å²) >= 11 is 0. The lowest BCUT2D eigenvalue weighted by atomic mass is 10.1.